The summed E-state index contributed by atoms with van der Waals surface area (Å²) in [7, 11) is 0. The average molecular weight is 468 g/mol. The van der Waals surface area contributed by atoms with E-state index in [1.54, 1.807) is 24.3 Å². The molecule has 0 atom stereocenters. The summed E-state index contributed by atoms with van der Waals surface area (Å²) in [4.78, 5) is 25.1. The van der Waals surface area contributed by atoms with Crippen LogP contribution in [0.15, 0.2) is 90.0 Å². The van der Waals surface area contributed by atoms with Gasteiger partial charge in [-0.05, 0) is 40.3 Å². The molecule has 0 heterocycles. The van der Waals surface area contributed by atoms with Crippen molar-refractivity contribution in [2.75, 3.05) is 0 Å². The number of carbonyl (C=O) groups is 2. The van der Waals surface area contributed by atoms with Crippen LogP contribution in [0.3, 0.4) is 0 Å². The second kappa shape index (κ2) is 9.23. The topological polar surface area (TPSA) is 58.5 Å². The Hall–Kier alpha value is -2.80. The molecule has 5 heteroatoms. The van der Waals surface area contributed by atoms with Gasteiger partial charge in [-0.2, -0.15) is 5.10 Å². The lowest BCUT2D eigenvalue weighted by molar-refractivity contribution is 0.0950. The molecule has 0 aromatic heterocycles. The highest BCUT2D eigenvalue weighted by Crippen LogP contribution is 2.12. The number of nitrogens with one attached hydrogen (secondary N) is 1. The first kappa shape index (κ1) is 19.0. The van der Waals surface area contributed by atoms with Crippen LogP contribution in [0.4, 0.5) is 0 Å². The Morgan fingerprint density at radius 2 is 1.33 bits per heavy atom. The molecule has 0 radical (unpaired) electrons. The van der Waals surface area contributed by atoms with Crippen molar-refractivity contribution in [2.24, 2.45) is 5.10 Å². The van der Waals surface area contributed by atoms with Crippen molar-refractivity contribution in [2.45, 2.75) is 6.42 Å². The van der Waals surface area contributed by atoms with Gasteiger partial charge in [-0.1, -0.05) is 72.8 Å². The molecule has 0 aliphatic rings. The predicted octanol–water partition coefficient (Wildman–Crippen LogP) is 4.70. The van der Waals surface area contributed by atoms with Crippen LogP contribution in [0.1, 0.15) is 32.7 Å². The molecule has 1 amide bonds. The van der Waals surface area contributed by atoms with Crippen LogP contribution in [-0.4, -0.2) is 17.4 Å². The van der Waals surface area contributed by atoms with Gasteiger partial charge < -0.3 is 0 Å². The summed E-state index contributed by atoms with van der Waals surface area (Å²) in [6.07, 6.45) is 0.0974. The Morgan fingerprint density at radius 1 is 0.778 bits per heavy atom. The Labute approximate surface area is 171 Å². The largest absolute Gasteiger partial charge is 0.294 e. The van der Waals surface area contributed by atoms with Crippen LogP contribution in [0.25, 0.3) is 0 Å². The van der Waals surface area contributed by atoms with Gasteiger partial charge >= 0.3 is 0 Å². The van der Waals surface area contributed by atoms with Crippen molar-refractivity contribution in [1.82, 2.24) is 5.43 Å². The third kappa shape index (κ3) is 5.10. The first-order chi connectivity index (χ1) is 13.1. The maximum atomic E-state index is 12.6. The molecule has 27 heavy (non-hydrogen) atoms. The summed E-state index contributed by atoms with van der Waals surface area (Å²) in [5, 5.41) is 4.27. The second-order valence-electron chi connectivity index (χ2n) is 5.81. The third-order valence-electron chi connectivity index (χ3n) is 3.94. The van der Waals surface area contributed by atoms with Gasteiger partial charge in [0.2, 0.25) is 0 Å². The van der Waals surface area contributed by atoms with Crippen molar-refractivity contribution in [1.29, 1.82) is 0 Å². The lowest BCUT2D eigenvalue weighted by Gasteiger charge is -2.08. The van der Waals surface area contributed by atoms with Crippen LogP contribution in [-0.2, 0) is 0 Å². The van der Waals surface area contributed by atoms with Crippen molar-refractivity contribution in [3.05, 3.63) is 105 Å². The molecular formula is C22H17IN2O2. The zero-order chi connectivity index (χ0) is 19.1. The van der Waals surface area contributed by atoms with Crippen LogP contribution in [0.2, 0.25) is 0 Å². The van der Waals surface area contributed by atoms with Gasteiger partial charge in [0.1, 0.15) is 0 Å². The summed E-state index contributed by atoms with van der Waals surface area (Å²) in [6, 6.07) is 25.7. The number of carbonyl (C=O) groups excluding carboxylic acids is 2. The lowest BCUT2D eigenvalue weighted by atomic mass is 10.0. The molecule has 0 fully saturated rings. The summed E-state index contributed by atoms with van der Waals surface area (Å²) in [5.74, 6) is -0.359. The Kier molecular flexibility index (Phi) is 6.49. The highest BCUT2D eigenvalue weighted by Gasteiger charge is 2.14. The van der Waals surface area contributed by atoms with Crippen molar-refractivity contribution >= 4 is 40.0 Å². The minimum absolute atomic E-state index is 0.0539. The number of benzene rings is 3. The average Bonchev–Trinajstić information content (AvgIpc) is 2.72. The molecule has 0 aliphatic carbocycles. The zero-order valence-corrected chi connectivity index (χ0v) is 16.6. The van der Waals surface area contributed by atoms with Gasteiger partial charge in [-0.25, -0.2) is 5.43 Å². The van der Waals surface area contributed by atoms with Crippen LogP contribution < -0.4 is 5.43 Å². The fraction of sp³-hybridized carbons (Fsp3) is 0.0455. The van der Waals surface area contributed by atoms with E-state index in [-0.39, 0.29) is 18.1 Å². The zero-order valence-electron chi connectivity index (χ0n) is 14.4. The summed E-state index contributed by atoms with van der Waals surface area (Å²) in [6.45, 7) is 0. The summed E-state index contributed by atoms with van der Waals surface area (Å²) >= 11 is 2.11. The molecule has 0 saturated heterocycles. The van der Waals surface area contributed by atoms with Gasteiger partial charge in [0.25, 0.3) is 5.91 Å². The number of hydrogen-bond acceptors (Lipinski definition) is 3. The number of Topliss-reactive ketones (excluding diaryl/α,β-unsaturated/α-hetero) is 1. The Morgan fingerprint density at radius 3 is 1.96 bits per heavy atom. The molecular weight excluding hydrogens is 451 g/mol. The molecule has 3 rings (SSSR count). The highest BCUT2D eigenvalue weighted by atomic mass is 127. The van der Waals surface area contributed by atoms with E-state index in [4.69, 9.17) is 0 Å². The predicted molar refractivity (Wildman–Crippen MR) is 115 cm³/mol. The number of hydrogen-bond donors (Lipinski definition) is 1. The maximum Gasteiger partial charge on any atom is 0.272 e. The van der Waals surface area contributed by atoms with Crippen molar-refractivity contribution in [3.63, 3.8) is 0 Å². The van der Waals surface area contributed by atoms with Crippen LogP contribution in [0, 0.1) is 3.57 Å². The fourth-order valence-corrected chi connectivity index (χ4v) is 3.17. The minimum atomic E-state index is -0.305. The molecule has 4 nitrogen and oxygen atoms in total. The lowest BCUT2D eigenvalue weighted by Crippen LogP contribution is -2.22. The molecule has 0 spiro atoms. The van der Waals surface area contributed by atoms with Gasteiger partial charge in [0.15, 0.2) is 5.78 Å². The first-order valence-electron chi connectivity index (χ1n) is 8.40. The van der Waals surface area contributed by atoms with E-state index in [0.29, 0.717) is 16.8 Å². The monoisotopic (exact) mass is 468 g/mol. The van der Waals surface area contributed by atoms with E-state index in [1.165, 1.54) is 0 Å². The Bertz CT molecular complexity index is 970. The van der Waals surface area contributed by atoms with E-state index in [1.807, 2.05) is 60.7 Å². The van der Waals surface area contributed by atoms with E-state index < -0.39 is 0 Å². The van der Waals surface area contributed by atoms with Crippen LogP contribution in [0.5, 0.6) is 0 Å². The van der Waals surface area contributed by atoms with E-state index >= 15 is 0 Å². The number of rotatable bonds is 6. The molecule has 3 aromatic carbocycles. The highest BCUT2D eigenvalue weighted by molar-refractivity contribution is 14.1. The van der Waals surface area contributed by atoms with Crippen molar-refractivity contribution < 1.29 is 9.59 Å². The number of halogens is 1. The number of nitrogens with zero attached hydrogens (tertiary/aromatic N) is 1. The number of hydrazone groups is 1. The SMILES string of the molecule is O=C(CC(=NNC(=O)c1ccccc1I)c1ccccc1)c1ccccc1. The standard InChI is InChI=1S/C22H17IN2O2/c23-19-14-8-7-13-18(19)22(27)25-24-20(16-9-3-1-4-10-16)15-21(26)17-11-5-2-6-12-17/h1-14H,15H2,(H,25,27). The van der Waals surface area contributed by atoms with E-state index in [9.17, 15) is 9.59 Å². The van der Waals surface area contributed by atoms with E-state index in [2.05, 4.69) is 33.1 Å². The molecule has 0 aliphatic heterocycles. The second-order valence-corrected chi connectivity index (χ2v) is 6.97. The molecule has 0 saturated carbocycles. The third-order valence-corrected chi connectivity index (χ3v) is 4.88. The normalized spacial score (nSPS) is 11.1. The molecule has 1 N–H and O–H groups in total. The quantitative estimate of drug-likeness (QED) is 0.247. The van der Waals surface area contributed by atoms with Gasteiger partial charge in [0.05, 0.1) is 17.7 Å². The van der Waals surface area contributed by atoms with Gasteiger partial charge in [-0.3, -0.25) is 9.59 Å². The Balaban J connectivity index is 1.84. The maximum absolute atomic E-state index is 12.6. The summed E-state index contributed by atoms with van der Waals surface area (Å²) in [5.41, 5.74) is 5.06. The molecule has 0 unspecified atom stereocenters. The molecule has 0 bridgehead atoms. The van der Waals surface area contributed by atoms with E-state index in [0.717, 1.165) is 9.13 Å². The van der Waals surface area contributed by atoms with Gasteiger partial charge in [0, 0.05) is 9.13 Å². The first-order valence-corrected chi connectivity index (χ1v) is 9.48. The molecule has 134 valence electrons. The summed E-state index contributed by atoms with van der Waals surface area (Å²) < 4.78 is 0.837. The van der Waals surface area contributed by atoms with Crippen molar-refractivity contribution in [3.8, 4) is 0 Å². The number of amides is 1. The minimum Gasteiger partial charge on any atom is -0.294 e. The number of ketones is 1. The van der Waals surface area contributed by atoms with Gasteiger partial charge in [-0.15, -0.1) is 0 Å². The van der Waals surface area contributed by atoms with Crippen LogP contribution >= 0.6 is 22.6 Å². The molecule has 3 aromatic rings. The fourth-order valence-electron chi connectivity index (χ4n) is 2.54. The smallest absolute Gasteiger partial charge is 0.272 e.